The van der Waals surface area contributed by atoms with Gasteiger partial charge in [-0.1, -0.05) is 132 Å². The molecule has 0 aliphatic carbocycles. The summed E-state index contributed by atoms with van der Waals surface area (Å²) in [5.74, 6) is 0. The van der Waals surface area contributed by atoms with E-state index in [0.29, 0.717) is 0 Å². The number of thiophene rings is 2. The Bertz CT molecular complexity index is 1560. The highest BCUT2D eigenvalue weighted by molar-refractivity contribution is 7.31. The Morgan fingerprint density at radius 1 is 0.395 bits per heavy atom. The summed E-state index contributed by atoms with van der Waals surface area (Å²) in [5.41, 5.74) is 10.0. The van der Waals surface area contributed by atoms with Crippen LogP contribution in [0.3, 0.4) is 0 Å². The highest BCUT2D eigenvalue weighted by Crippen LogP contribution is 2.41. The lowest BCUT2D eigenvalue weighted by atomic mass is 10.1. The summed E-state index contributed by atoms with van der Waals surface area (Å²) in [6, 6.07) is 39.6. The fourth-order valence-corrected chi connectivity index (χ4v) is 6.78. The second-order valence-corrected chi connectivity index (χ2v) is 11.8. The van der Waals surface area contributed by atoms with E-state index in [4.69, 9.17) is 0 Å². The van der Waals surface area contributed by atoms with Crippen molar-refractivity contribution in [2.24, 2.45) is 0 Å². The van der Waals surface area contributed by atoms with Crippen molar-refractivity contribution in [2.45, 2.75) is 13.8 Å². The minimum atomic E-state index is 1.21. The van der Waals surface area contributed by atoms with Gasteiger partial charge in [-0.25, -0.2) is 0 Å². The molecule has 2 heterocycles. The second-order valence-electron chi connectivity index (χ2n) is 9.68. The molecule has 2 heteroatoms. The van der Waals surface area contributed by atoms with Crippen molar-refractivity contribution in [2.75, 3.05) is 0 Å². The average Bonchev–Trinajstić information content (AvgIpc) is 3.53. The van der Waals surface area contributed by atoms with Gasteiger partial charge in [0.1, 0.15) is 0 Å². The normalized spacial score (nSPS) is 11.7. The number of hydrogen-bond donors (Lipinski definition) is 0. The van der Waals surface area contributed by atoms with Gasteiger partial charge >= 0.3 is 0 Å². The maximum atomic E-state index is 2.34. The largest absolute Gasteiger partial charge is 0.134 e. The lowest BCUT2D eigenvalue weighted by molar-refractivity contribution is 1.46. The van der Waals surface area contributed by atoms with Gasteiger partial charge in [0, 0.05) is 19.2 Å². The van der Waals surface area contributed by atoms with Crippen LogP contribution in [0.5, 0.6) is 0 Å². The van der Waals surface area contributed by atoms with Crippen LogP contribution >= 0.6 is 22.7 Å². The molecular weight excluding hydrogens is 497 g/mol. The molecule has 0 bridgehead atoms. The molecule has 2 aromatic heterocycles. The van der Waals surface area contributed by atoms with Crippen LogP contribution in [0.15, 0.2) is 109 Å². The Morgan fingerprint density at radius 3 is 1.00 bits per heavy atom. The maximum absolute atomic E-state index is 2.34. The molecule has 0 saturated heterocycles. The Kier molecular flexibility index (Phi) is 6.92. The first-order chi connectivity index (χ1) is 18.6. The number of fused-ring (bicyclic) bond motifs is 1. The van der Waals surface area contributed by atoms with E-state index >= 15 is 0 Å². The fraction of sp³-hybridized carbons (Fsp3) is 0.0556. The summed E-state index contributed by atoms with van der Waals surface area (Å²) >= 11 is 3.75. The van der Waals surface area contributed by atoms with Crippen LogP contribution in [-0.4, -0.2) is 0 Å². The van der Waals surface area contributed by atoms with Gasteiger partial charge in [0.2, 0.25) is 0 Å². The van der Waals surface area contributed by atoms with Crippen molar-refractivity contribution in [3.8, 4) is 20.9 Å². The zero-order chi connectivity index (χ0) is 25.9. The molecule has 4 aromatic carbocycles. The van der Waals surface area contributed by atoms with E-state index in [1.54, 1.807) is 0 Å². The second kappa shape index (κ2) is 10.8. The number of aryl methyl sites for hydroxylation is 2. The molecule has 6 aromatic rings. The lowest BCUT2D eigenvalue weighted by Crippen LogP contribution is -1.76. The van der Waals surface area contributed by atoms with Crippen molar-refractivity contribution >= 4 is 56.4 Å². The molecule has 184 valence electrons. The topological polar surface area (TPSA) is 0 Å². The van der Waals surface area contributed by atoms with E-state index in [-0.39, 0.29) is 0 Å². The van der Waals surface area contributed by atoms with Gasteiger partial charge < -0.3 is 0 Å². The zero-order valence-corrected chi connectivity index (χ0v) is 23.2. The summed E-state index contributed by atoms with van der Waals surface area (Å²) in [7, 11) is 0. The molecule has 0 saturated carbocycles. The van der Waals surface area contributed by atoms with Crippen LogP contribution in [0.2, 0.25) is 0 Å². The number of hydrogen-bond acceptors (Lipinski definition) is 2. The van der Waals surface area contributed by atoms with Crippen LogP contribution in [0.1, 0.15) is 33.4 Å². The van der Waals surface area contributed by atoms with Gasteiger partial charge in [0.15, 0.2) is 0 Å². The van der Waals surface area contributed by atoms with E-state index in [2.05, 4.69) is 147 Å². The summed E-state index contributed by atoms with van der Waals surface area (Å²) in [5, 5.41) is 0. The molecule has 0 nitrogen and oxygen atoms in total. The van der Waals surface area contributed by atoms with Gasteiger partial charge in [0.25, 0.3) is 0 Å². The van der Waals surface area contributed by atoms with E-state index in [9.17, 15) is 0 Å². The van der Waals surface area contributed by atoms with Crippen LogP contribution < -0.4 is 0 Å². The molecule has 0 atom stereocenters. The molecule has 0 aliphatic heterocycles. The van der Waals surface area contributed by atoms with E-state index in [1.165, 1.54) is 63.7 Å². The van der Waals surface area contributed by atoms with E-state index < -0.39 is 0 Å². The molecule has 38 heavy (non-hydrogen) atoms. The average molecular weight is 525 g/mol. The lowest BCUT2D eigenvalue weighted by Gasteiger charge is -2.00. The summed E-state index contributed by atoms with van der Waals surface area (Å²) in [6.45, 7) is 4.23. The molecule has 0 fully saturated rings. The monoisotopic (exact) mass is 524 g/mol. The number of benzene rings is 4. The Morgan fingerprint density at radius 2 is 0.684 bits per heavy atom. The highest BCUT2D eigenvalue weighted by atomic mass is 32.1. The SMILES string of the molecule is Cc1ccc(C=Cc2ccc(-c3cc4sc(-c5ccc(C=Cc6ccc(C)cc6)cc5)cc4s3)cc2)cc1. The molecule has 0 amide bonds. The summed E-state index contributed by atoms with van der Waals surface area (Å²) < 4.78 is 2.71. The third-order valence-electron chi connectivity index (χ3n) is 6.69. The molecule has 0 unspecified atom stereocenters. The molecule has 0 spiro atoms. The Balaban J connectivity index is 1.14. The van der Waals surface area contributed by atoms with Crippen molar-refractivity contribution < 1.29 is 0 Å². The molecule has 0 radical (unpaired) electrons. The first kappa shape index (κ1) is 24.4. The number of rotatable bonds is 6. The smallest absolute Gasteiger partial charge is 0.0463 e. The van der Waals surface area contributed by atoms with E-state index in [1.807, 2.05) is 22.7 Å². The summed E-state index contributed by atoms with van der Waals surface area (Å²) in [4.78, 5) is 2.65. The van der Waals surface area contributed by atoms with Crippen molar-refractivity contribution in [3.63, 3.8) is 0 Å². The first-order valence-electron chi connectivity index (χ1n) is 12.8. The zero-order valence-electron chi connectivity index (χ0n) is 21.5. The van der Waals surface area contributed by atoms with Gasteiger partial charge in [-0.15, -0.1) is 22.7 Å². The van der Waals surface area contributed by atoms with Crippen LogP contribution in [-0.2, 0) is 0 Å². The maximum Gasteiger partial charge on any atom is 0.0463 e. The van der Waals surface area contributed by atoms with E-state index in [0.717, 1.165) is 0 Å². The summed E-state index contributed by atoms with van der Waals surface area (Å²) in [6.07, 6.45) is 8.70. The van der Waals surface area contributed by atoms with Crippen molar-refractivity contribution in [1.29, 1.82) is 0 Å². The van der Waals surface area contributed by atoms with Crippen molar-refractivity contribution in [3.05, 3.63) is 143 Å². The minimum Gasteiger partial charge on any atom is -0.134 e. The molecule has 6 rings (SSSR count). The third-order valence-corrected chi connectivity index (χ3v) is 9.08. The van der Waals surface area contributed by atoms with Gasteiger partial charge in [-0.3, -0.25) is 0 Å². The molecular formula is C36H28S2. The van der Waals surface area contributed by atoms with Gasteiger partial charge in [-0.05, 0) is 59.4 Å². The molecule has 0 aliphatic rings. The van der Waals surface area contributed by atoms with Crippen LogP contribution in [0.25, 0.3) is 54.6 Å². The van der Waals surface area contributed by atoms with Crippen LogP contribution in [0, 0.1) is 13.8 Å². The van der Waals surface area contributed by atoms with Gasteiger partial charge in [-0.2, -0.15) is 0 Å². The van der Waals surface area contributed by atoms with Crippen LogP contribution in [0.4, 0.5) is 0 Å². The third kappa shape index (κ3) is 5.62. The Hall–Kier alpha value is -3.98. The minimum absolute atomic E-state index is 1.21. The standard InChI is InChI=1S/C36H28S2/c1-25-3-7-27(8-4-25)11-13-29-15-19-31(20-16-29)33-23-35-36(37-33)24-34(38-35)32-21-17-30(18-22-32)14-12-28-9-5-26(2)6-10-28/h3-24H,1-2H3. The predicted octanol–water partition coefficient (Wildman–Crippen LogP) is 11.3. The van der Waals surface area contributed by atoms with Gasteiger partial charge in [0.05, 0.1) is 0 Å². The first-order valence-corrected chi connectivity index (χ1v) is 14.5. The molecule has 0 N–H and O–H groups in total. The van der Waals surface area contributed by atoms with Crippen molar-refractivity contribution in [1.82, 2.24) is 0 Å². The predicted molar refractivity (Wildman–Crippen MR) is 171 cm³/mol. The Labute approximate surface area is 232 Å². The quantitative estimate of drug-likeness (QED) is 0.190. The highest BCUT2D eigenvalue weighted by Gasteiger charge is 2.10. The fourth-order valence-electron chi connectivity index (χ4n) is 4.38.